The second-order valence-electron chi connectivity index (χ2n) is 4.37. The van der Waals surface area contributed by atoms with Gasteiger partial charge in [-0.25, -0.2) is 17.5 Å². The summed E-state index contributed by atoms with van der Waals surface area (Å²) >= 11 is 3.18. The average molecular weight is 374 g/mol. The Morgan fingerprint density at radius 2 is 1.71 bits per heavy atom. The zero-order valence-electron chi connectivity index (χ0n) is 10.9. The van der Waals surface area contributed by atoms with E-state index in [2.05, 4.69) is 20.7 Å². The molecule has 0 saturated heterocycles. The average Bonchev–Trinajstić information content (AvgIpc) is 2.47. The van der Waals surface area contributed by atoms with Crippen molar-refractivity contribution in [2.45, 2.75) is 18.0 Å². The molecule has 0 unspecified atom stereocenters. The molecule has 0 aliphatic rings. The van der Waals surface area contributed by atoms with Gasteiger partial charge in [0.25, 0.3) is 0 Å². The van der Waals surface area contributed by atoms with Crippen LogP contribution in [0.2, 0.25) is 0 Å². The topological polar surface area (TPSA) is 66.4 Å². The largest absolute Gasteiger partial charge is 0.392 e. The second-order valence-corrected chi connectivity index (χ2v) is 6.96. The number of hydrogen-bond acceptors (Lipinski definition) is 3. The smallest absolute Gasteiger partial charge is 0.242 e. The highest BCUT2D eigenvalue weighted by Gasteiger charge is 2.17. The number of aliphatic hydroxyl groups is 1. The molecule has 0 aliphatic carbocycles. The quantitative estimate of drug-likeness (QED) is 0.846. The molecule has 2 rings (SSSR count). The lowest BCUT2D eigenvalue weighted by Gasteiger charge is -2.10. The molecule has 2 N–H and O–H groups in total. The van der Waals surface area contributed by atoms with Crippen LogP contribution in [0.3, 0.4) is 0 Å². The molecule has 0 amide bonds. The Morgan fingerprint density at radius 3 is 2.33 bits per heavy atom. The molecule has 7 heteroatoms. The van der Waals surface area contributed by atoms with Crippen molar-refractivity contribution in [1.82, 2.24) is 4.72 Å². The molecule has 0 atom stereocenters. The van der Waals surface area contributed by atoms with Gasteiger partial charge in [0, 0.05) is 11.0 Å². The van der Waals surface area contributed by atoms with Crippen LogP contribution < -0.4 is 4.72 Å². The highest BCUT2D eigenvalue weighted by atomic mass is 79.9. The van der Waals surface area contributed by atoms with Crippen molar-refractivity contribution in [3.63, 3.8) is 0 Å². The van der Waals surface area contributed by atoms with Crippen LogP contribution in [-0.2, 0) is 23.2 Å². The van der Waals surface area contributed by atoms with Crippen molar-refractivity contribution in [1.29, 1.82) is 0 Å². The Labute approximate surface area is 130 Å². The first kappa shape index (κ1) is 16.1. The first-order chi connectivity index (χ1) is 9.92. The van der Waals surface area contributed by atoms with Crippen molar-refractivity contribution < 1.29 is 17.9 Å². The SMILES string of the molecule is O=S(=O)(NCc1ccc(F)cc1)c1cc(CO)ccc1Br. The molecule has 0 aliphatic heterocycles. The number of sulfonamides is 1. The maximum atomic E-state index is 12.8. The van der Waals surface area contributed by atoms with Crippen LogP contribution in [0.1, 0.15) is 11.1 Å². The van der Waals surface area contributed by atoms with Crippen LogP contribution in [-0.4, -0.2) is 13.5 Å². The third kappa shape index (κ3) is 4.10. The van der Waals surface area contributed by atoms with Crippen LogP contribution in [0.25, 0.3) is 0 Å². The number of rotatable bonds is 5. The Hall–Kier alpha value is -1.28. The summed E-state index contributed by atoms with van der Waals surface area (Å²) in [6, 6.07) is 10.2. The lowest BCUT2D eigenvalue weighted by Crippen LogP contribution is -2.23. The van der Waals surface area contributed by atoms with E-state index in [4.69, 9.17) is 5.11 Å². The summed E-state index contributed by atoms with van der Waals surface area (Å²) in [6.07, 6.45) is 0. The molecular formula is C14H13BrFNO3S. The summed E-state index contributed by atoms with van der Waals surface area (Å²) in [5.74, 6) is -0.375. The molecule has 0 aromatic heterocycles. The monoisotopic (exact) mass is 373 g/mol. The molecule has 0 spiro atoms. The first-order valence-electron chi connectivity index (χ1n) is 6.06. The zero-order valence-corrected chi connectivity index (χ0v) is 13.3. The molecule has 2 aromatic carbocycles. The highest BCUT2D eigenvalue weighted by Crippen LogP contribution is 2.23. The standard InChI is InChI=1S/C14H13BrFNO3S/c15-13-6-3-11(9-18)7-14(13)21(19,20)17-8-10-1-4-12(16)5-2-10/h1-7,17-18H,8-9H2. The van der Waals surface area contributed by atoms with E-state index >= 15 is 0 Å². The highest BCUT2D eigenvalue weighted by molar-refractivity contribution is 9.10. The summed E-state index contributed by atoms with van der Waals surface area (Å²) in [5, 5.41) is 9.09. The molecule has 21 heavy (non-hydrogen) atoms. The Kier molecular flexibility index (Phi) is 5.10. The molecule has 4 nitrogen and oxygen atoms in total. The number of nitrogens with one attached hydrogen (secondary N) is 1. The fourth-order valence-electron chi connectivity index (χ4n) is 1.71. The lowest BCUT2D eigenvalue weighted by atomic mass is 10.2. The minimum atomic E-state index is -3.73. The second kappa shape index (κ2) is 6.65. The van der Waals surface area contributed by atoms with E-state index in [0.29, 0.717) is 15.6 Å². The van der Waals surface area contributed by atoms with Crippen LogP contribution in [0.15, 0.2) is 51.8 Å². The summed E-state index contributed by atoms with van der Waals surface area (Å²) in [6.45, 7) is -0.188. The summed E-state index contributed by atoms with van der Waals surface area (Å²) in [4.78, 5) is 0.0520. The Bertz CT molecular complexity index is 732. The lowest BCUT2D eigenvalue weighted by molar-refractivity contribution is 0.281. The molecule has 0 bridgehead atoms. The molecule has 2 aromatic rings. The van der Waals surface area contributed by atoms with E-state index in [1.165, 1.54) is 30.3 Å². The summed E-state index contributed by atoms with van der Waals surface area (Å²) in [5.41, 5.74) is 1.15. The number of aliphatic hydroxyl groups excluding tert-OH is 1. The maximum Gasteiger partial charge on any atom is 0.242 e. The van der Waals surface area contributed by atoms with Gasteiger partial charge in [-0.2, -0.15) is 0 Å². The van der Waals surface area contributed by atoms with Gasteiger partial charge in [-0.1, -0.05) is 18.2 Å². The van der Waals surface area contributed by atoms with Gasteiger partial charge in [0.2, 0.25) is 10.0 Å². The van der Waals surface area contributed by atoms with E-state index in [1.54, 1.807) is 12.1 Å². The molecule has 0 radical (unpaired) electrons. The Balaban J connectivity index is 2.20. The van der Waals surface area contributed by atoms with E-state index in [9.17, 15) is 12.8 Å². The van der Waals surface area contributed by atoms with Gasteiger partial charge >= 0.3 is 0 Å². The zero-order chi connectivity index (χ0) is 15.5. The van der Waals surface area contributed by atoms with Gasteiger partial charge in [-0.05, 0) is 51.3 Å². The van der Waals surface area contributed by atoms with E-state index < -0.39 is 10.0 Å². The van der Waals surface area contributed by atoms with Gasteiger partial charge in [0.05, 0.1) is 11.5 Å². The molecule has 0 heterocycles. The predicted octanol–water partition coefficient (Wildman–Crippen LogP) is 2.56. The summed E-state index contributed by atoms with van der Waals surface area (Å²) < 4.78 is 40.2. The van der Waals surface area contributed by atoms with Gasteiger partial charge in [0.15, 0.2) is 0 Å². The first-order valence-corrected chi connectivity index (χ1v) is 8.33. The van der Waals surface area contributed by atoms with E-state index in [0.717, 1.165) is 0 Å². The number of halogens is 2. The predicted molar refractivity (Wildman–Crippen MR) is 80.5 cm³/mol. The van der Waals surface area contributed by atoms with Crippen molar-refractivity contribution in [3.05, 3.63) is 63.9 Å². The fourth-order valence-corrected chi connectivity index (χ4v) is 3.74. The molecule has 0 fully saturated rings. The van der Waals surface area contributed by atoms with Gasteiger partial charge in [0.1, 0.15) is 5.82 Å². The molecular weight excluding hydrogens is 361 g/mol. The van der Waals surface area contributed by atoms with Gasteiger partial charge in [-0.3, -0.25) is 0 Å². The molecule has 0 saturated carbocycles. The maximum absolute atomic E-state index is 12.8. The van der Waals surface area contributed by atoms with Crippen LogP contribution in [0.4, 0.5) is 4.39 Å². The van der Waals surface area contributed by atoms with Crippen molar-refractivity contribution in [3.8, 4) is 0 Å². The van der Waals surface area contributed by atoms with E-state index in [1.807, 2.05) is 0 Å². The van der Waals surface area contributed by atoms with Crippen molar-refractivity contribution >= 4 is 26.0 Å². The van der Waals surface area contributed by atoms with Crippen molar-refractivity contribution in [2.75, 3.05) is 0 Å². The van der Waals surface area contributed by atoms with Gasteiger partial charge < -0.3 is 5.11 Å². The minimum absolute atomic E-state index is 0.0520. The fraction of sp³-hybridized carbons (Fsp3) is 0.143. The third-order valence-corrected chi connectivity index (χ3v) is 5.24. The summed E-state index contributed by atoms with van der Waals surface area (Å²) in [7, 11) is -3.73. The Morgan fingerprint density at radius 1 is 1.10 bits per heavy atom. The van der Waals surface area contributed by atoms with Crippen LogP contribution in [0, 0.1) is 5.82 Å². The molecule has 112 valence electrons. The van der Waals surface area contributed by atoms with Crippen LogP contribution in [0.5, 0.6) is 0 Å². The van der Waals surface area contributed by atoms with Crippen molar-refractivity contribution in [2.24, 2.45) is 0 Å². The third-order valence-electron chi connectivity index (χ3n) is 2.85. The van der Waals surface area contributed by atoms with Crippen LogP contribution >= 0.6 is 15.9 Å². The number of benzene rings is 2. The minimum Gasteiger partial charge on any atom is -0.392 e. The van der Waals surface area contributed by atoms with E-state index in [-0.39, 0.29) is 23.9 Å². The van der Waals surface area contributed by atoms with Gasteiger partial charge in [-0.15, -0.1) is 0 Å². The normalized spacial score (nSPS) is 11.6. The number of hydrogen-bond donors (Lipinski definition) is 2.